The van der Waals surface area contributed by atoms with E-state index in [1.54, 1.807) is 30.3 Å². The molecule has 9 heteroatoms. The number of hydrogen-bond acceptors (Lipinski definition) is 6. The third-order valence-electron chi connectivity index (χ3n) is 3.61. The van der Waals surface area contributed by atoms with Crippen LogP contribution in [0, 0.1) is 0 Å². The van der Waals surface area contributed by atoms with Gasteiger partial charge in [0.25, 0.3) is 0 Å². The molecule has 0 spiro atoms. The zero-order valence-electron chi connectivity index (χ0n) is 14.2. The molecule has 0 aromatic heterocycles. The zero-order valence-corrected chi connectivity index (χ0v) is 14.2. The summed E-state index contributed by atoms with van der Waals surface area (Å²) in [5.41, 5.74) is 0.739. The average molecular weight is 376 g/mol. The van der Waals surface area contributed by atoms with E-state index in [4.69, 9.17) is 9.47 Å². The largest absolute Gasteiger partial charge is 0.453 e. The lowest BCUT2D eigenvalue weighted by Crippen LogP contribution is -2.63. The Balaban J connectivity index is 2.10. The summed E-state index contributed by atoms with van der Waals surface area (Å²) in [7, 11) is 0. The van der Waals surface area contributed by atoms with Crippen molar-refractivity contribution in [3.8, 4) is 0 Å². The molecule has 1 fully saturated rings. The van der Waals surface area contributed by atoms with Crippen molar-refractivity contribution in [1.82, 2.24) is 0 Å². The predicted molar refractivity (Wildman–Crippen MR) is 81.9 cm³/mol. The molecular formula is C17H19F3O6. The zero-order chi connectivity index (χ0) is 19.3. The fraction of sp³-hybridized carbons (Fsp3) is 0.529. The van der Waals surface area contributed by atoms with E-state index in [2.05, 4.69) is 9.47 Å². The molecule has 2 rings (SSSR count). The summed E-state index contributed by atoms with van der Waals surface area (Å²) in [5, 5.41) is 0. The van der Waals surface area contributed by atoms with Crippen molar-refractivity contribution >= 4 is 11.9 Å². The number of carbonyl (C=O) groups is 2. The lowest BCUT2D eigenvalue weighted by atomic mass is 9.98. The quantitative estimate of drug-likeness (QED) is 0.710. The van der Waals surface area contributed by atoms with E-state index >= 15 is 0 Å². The van der Waals surface area contributed by atoms with Crippen LogP contribution in [0.25, 0.3) is 0 Å². The molecule has 1 aliphatic heterocycles. The summed E-state index contributed by atoms with van der Waals surface area (Å²) in [6, 6.07) is 8.77. The van der Waals surface area contributed by atoms with Crippen LogP contribution in [-0.4, -0.2) is 49.1 Å². The van der Waals surface area contributed by atoms with Crippen LogP contribution in [0.3, 0.4) is 0 Å². The second kappa shape index (κ2) is 8.50. The maximum atomic E-state index is 14.5. The Labute approximate surface area is 148 Å². The molecule has 6 nitrogen and oxygen atoms in total. The molecule has 1 heterocycles. The maximum absolute atomic E-state index is 14.5. The van der Waals surface area contributed by atoms with E-state index in [-0.39, 0.29) is 6.61 Å². The van der Waals surface area contributed by atoms with E-state index in [1.807, 2.05) is 0 Å². The van der Waals surface area contributed by atoms with Gasteiger partial charge in [-0.05, 0) is 5.56 Å². The van der Waals surface area contributed by atoms with Gasteiger partial charge in [-0.25, -0.2) is 4.39 Å². The molecular weight excluding hydrogens is 357 g/mol. The first-order valence-electron chi connectivity index (χ1n) is 7.85. The fourth-order valence-corrected chi connectivity index (χ4v) is 2.45. The van der Waals surface area contributed by atoms with Gasteiger partial charge in [0.15, 0.2) is 6.10 Å². The molecule has 0 N–H and O–H groups in total. The summed E-state index contributed by atoms with van der Waals surface area (Å²) >= 11 is 0. The summed E-state index contributed by atoms with van der Waals surface area (Å²) in [5.74, 6) is -5.89. The van der Waals surface area contributed by atoms with E-state index in [1.165, 1.54) is 0 Å². The van der Waals surface area contributed by atoms with Crippen molar-refractivity contribution in [2.75, 3.05) is 6.61 Å². The molecule has 0 amide bonds. The van der Waals surface area contributed by atoms with Gasteiger partial charge in [0, 0.05) is 13.8 Å². The Morgan fingerprint density at radius 1 is 1.12 bits per heavy atom. The van der Waals surface area contributed by atoms with E-state index < -0.39 is 49.1 Å². The van der Waals surface area contributed by atoms with Gasteiger partial charge in [0.05, 0.1) is 13.2 Å². The number of benzene rings is 1. The van der Waals surface area contributed by atoms with Gasteiger partial charge in [-0.15, -0.1) is 0 Å². The Hall–Kier alpha value is -2.13. The van der Waals surface area contributed by atoms with Crippen LogP contribution in [0.15, 0.2) is 30.3 Å². The molecule has 0 radical (unpaired) electrons. The highest BCUT2D eigenvalue weighted by Crippen LogP contribution is 2.38. The molecule has 1 aromatic rings. The van der Waals surface area contributed by atoms with E-state index in [0.29, 0.717) is 0 Å². The van der Waals surface area contributed by atoms with Crippen molar-refractivity contribution < 1.29 is 41.7 Å². The van der Waals surface area contributed by atoms with Crippen molar-refractivity contribution in [2.45, 2.75) is 51.0 Å². The van der Waals surface area contributed by atoms with Gasteiger partial charge in [-0.2, -0.15) is 8.78 Å². The number of esters is 2. The number of rotatable bonds is 6. The highest BCUT2D eigenvalue weighted by Gasteiger charge is 2.62. The third-order valence-corrected chi connectivity index (χ3v) is 3.61. The monoisotopic (exact) mass is 376 g/mol. The molecule has 0 bridgehead atoms. The van der Waals surface area contributed by atoms with Gasteiger partial charge in [-0.3, -0.25) is 9.59 Å². The van der Waals surface area contributed by atoms with Gasteiger partial charge in [0.1, 0.15) is 0 Å². The first-order valence-corrected chi connectivity index (χ1v) is 7.85. The lowest BCUT2D eigenvalue weighted by Gasteiger charge is -2.42. The minimum Gasteiger partial charge on any atom is -0.453 e. The minimum absolute atomic E-state index is 0.0201. The van der Waals surface area contributed by atoms with Gasteiger partial charge in [0.2, 0.25) is 18.6 Å². The second-order valence-corrected chi connectivity index (χ2v) is 5.75. The Bertz CT molecular complexity index is 624. The fourth-order valence-electron chi connectivity index (χ4n) is 2.45. The SMILES string of the molecule is CC(=O)O[C@@H]1O[C@@H](COCc2ccccc2)C(F)(F)[C@@H](OC(C)=O)[C@H]1F. The van der Waals surface area contributed by atoms with Crippen molar-refractivity contribution in [2.24, 2.45) is 0 Å². The summed E-state index contributed by atoms with van der Waals surface area (Å²) < 4.78 is 62.5. The standard InChI is InChI=1S/C17H19F3O6/c1-10(21)24-15-14(18)16(25-11(2)22)26-13(17(15,19)20)9-23-8-12-6-4-3-5-7-12/h3-7,13-16H,8-9H2,1-2H3/t13-,14+,15-,16+/m0/s1. The third kappa shape index (κ3) is 4.95. The van der Waals surface area contributed by atoms with Gasteiger partial charge in [-0.1, -0.05) is 30.3 Å². The first-order chi connectivity index (χ1) is 12.2. The molecule has 0 aliphatic carbocycles. The van der Waals surface area contributed by atoms with E-state index in [9.17, 15) is 22.8 Å². The van der Waals surface area contributed by atoms with E-state index in [0.717, 1.165) is 19.4 Å². The normalized spacial score (nSPS) is 27.6. The highest BCUT2D eigenvalue weighted by molar-refractivity contribution is 5.67. The second-order valence-electron chi connectivity index (χ2n) is 5.75. The number of alkyl halides is 3. The van der Waals surface area contributed by atoms with Gasteiger partial charge < -0.3 is 18.9 Å². The molecule has 1 saturated heterocycles. The summed E-state index contributed by atoms with van der Waals surface area (Å²) in [4.78, 5) is 22.1. The van der Waals surface area contributed by atoms with Crippen LogP contribution < -0.4 is 0 Å². The maximum Gasteiger partial charge on any atom is 0.315 e. The summed E-state index contributed by atoms with van der Waals surface area (Å²) in [6.07, 6.45) is -8.89. The molecule has 1 aliphatic rings. The van der Waals surface area contributed by atoms with Crippen molar-refractivity contribution in [3.05, 3.63) is 35.9 Å². The number of ether oxygens (including phenoxy) is 4. The topological polar surface area (TPSA) is 71.1 Å². The number of carbonyl (C=O) groups excluding carboxylic acids is 2. The van der Waals surface area contributed by atoms with Crippen LogP contribution in [0.1, 0.15) is 19.4 Å². The minimum atomic E-state index is -3.88. The van der Waals surface area contributed by atoms with Crippen molar-refractivity contribution in [1.29, 1.82) is 0 Å². The molecule has 26 heavy (non-hydrogen) atoms. The van der Waals surface area contributed by atoms with Crippen LogP contribution in [0.5, 0.6) is 0 Å². The lowest BCUT2D eigenvalue weighted by molar-refractivity contribution is -0.328. The Morgan fingerprint density at radius 2 is 1.73 bits per heavy atom. The predicted octanol–water partition coefficient (Wildman–Crippen LogP) is 2.40. The van der Waals surface area contributed by atoms with Crippen molar-refractivity contribution in [3.63, 3.8) is 0 Å². The average Bonchev–Trinajstić information content (AvgIpc) is 2.56. The number of hydrogen-bond donors (Lipinski definition) is 0. The first kappa shape index (κ1) is 20.2. The molecule has 1 aromatic carbocycles. The molecule has 4 atom stereocenters. The number of halogens is 3. The van der Waals surface area contributed by atoms with Crippen LogP contribution in [0.4, 0.5) is 13.2 Å². The Morgan fingerprint density at radius 3 is 2.31 bits per heavy atom. The van der Waals surface area contributed by atoms with Crippen LogP contribution >= 0.6 is 0 Å². The molecule has 144 valence electrons. The molecule has 0 saturated carbocycles. The molecule has 0 unspecified atom stereocenters. The smallest absolute Gasteiger partial charge is 0.315 e. The summed E-state index contributed by atoms with van der Waals surface area (Å²) in [6.45, 7) is 1.25. The highest BCUT2D eigenvalue weighted by atomic mass is 19.3. The Kier molecular flexibility index (Phi) is 6.60. The van der Waals surface area contributed by atoms with Crippen LogP contribution in [0.2, 0.25) is 0 Å². The van der Waals surface area contributed by atoms with Crippen LogP contribution in [-0.2, 0) is 35.1 Å². The van der Waals surface area contributed by atoms with Gasteiger partial charge >= 0.3 is 17.9 Å².